The van der Waals surface area contributed by atoms with Crippen LogP contribution in [0.15, 0.2) is 48.5 Å². The van der Waals surface area contributed by atoms with Gasteiger partial charge in [-0.2, -0.15) is 0 Å². The first-order chi connectivity index (χ1) is 16.2. The first-order valence-corrected chi connectivity index (χ1v) is 12.1. The lowest BCUT2D eigenvalue weighted by Crippen LogP contribution is -2.49. The molecule has 0 radical (unpaired) electrons. The summed E-state index contributed by atoms with van der Waals surface area (Å²) in [7, 11) is 0. The molecule has 2 aromatic rings. The molecule has 34 heavy (non-hydrogen) atoms. The number of piperazine rings is 1. The molecule has 2 aromatic carbocycles. The SMILES string of the molecule is CC(C)CC(=O)N1CCN(c2ccc(NC(=S)NC(=O)c3ccc(OC(C)C)cc3)cc2)CC1. The number of anilines is 2. The number of rotatable bonds is 7. The molecule has 8 heteroatoms. The topological polar surface area (TPSA) is 73.9 Å². The van der Waals surface area contributed by atoms with Crippen LogP contribution in [0, 0.1) is 5.92 Å². The molecule has 0 bridgehead atoms. The van der Waals surface area contributed by atoms with Gasteiger partial charge in [0.25, 0.3) is 5.91 Å². The van der Waals surface area contributed by atoms with Gasteiger partial charge in [-0.3, -0.25) is 14.9 Å². The molecular weight excluding hydrogens is 448 g/mol. The average Bonchev–Trinajstić information content (AvgIpc) is 2.79. The summed E-state index contributed by atoms with van der Waals surface area (Å²) in [6.45, 7) is 11.2. The molecule has 0 aliphatic carbocycles. The fourth-order valence-electron chi connectivity index (χ4n) is 3.74. The van der Waals surface area contributed by atoms with Crippen molar-refractivity contribution in [1.82, 2.24) is 10.2 Å². The van der Waals surface area contributed by atoms with E-state index in [4.69, 9.17) is 17.0 Å². The number of amides is 2. The highest BCUT2D eigenvalue weighted by Gasteiger charge is 2.21. The standard InChI is InChI=1S/C26H34N4O3S/c1-18(2)17-24(31)30-15-13-29(14-16-30)22-9-7-21(8-10-22)27-26(34)28-25(32)20-5-11-23(12-6-20)33-19(3)4/h5-12,18-19H,13-17H2,1-4H3,(H2,27,28,32,34). The Kier molecular flexibility index (Phi) is 8.87. The van der Waals surface area contributed by atoms with Crippen molar-refractivity contribution < 1.29 is 14.3 Å². The summed E-state index contributed by atoms with van der Waals surface area (Å²) in [5, 5.41) is 5.99. The molecule has 7 nitrogen and oxygen atoms in total. The van der Waals surface area contributed by atoms with Gasteiger partial charge in [0.05, 0.1) is 6.10 Å². The van der Waals surface area contributed by atoms with Crippen molar-refractivity contribution in [2.45, 2.75) is 40.2 Å². The third kappa shape index (κ3) is 7.45. The number of nitrogens with zero attached hydrogens (tertiary/aromatic N) is 2. The Morgan fingerprint density at radius 3 is 2.12 bits per heavy atom. The van der Waals surface area contributed by atoms with E-state index in [9.17, 15) is 9.59 Å². The number of hydrogen-bond donors (Lipinski definition) is 2. The molecule has 2 amide bonds. The number of thiocarbonyl (C=S) groups is 1. The fraction of sp³-hybridized carbons (Fsp3) is 0.423. The molecule has 1 heterocycles. The van der Waals surface area contributed by atoms with E-state index in [1.807, 2.05) is 43.0 Å². The van der Waals surface area contributed by atoms with Gasteiger partial charge in [-0.1, -0.05) is 13.8 Å². The van der Waals surface area contributed by atoms with Gasteiger partial charge in [0.1, 0.15) is 5.75 Å². The van der Waals surface area contributed by atoms with Gasteiger partial charge >= 0.3 is 0 Å². The minimum Gasteiger partial charge on any atom is -0.491 e. The fourth-order valence-corrected chi connectivity index (χ4v) is 3.95. The molecule has 0 atom stereocenters. The molecular formula is C26H34N4O3S. The van der Waals surface area contributed by atoms with Crippen LogP contribution < -0.4 is 20.3 Å². The molecule has 1 saturated heterocycles. The number of benzene rings is 2. The van der Waals surface area contributed by atoms with E-state index in [0.717, 1.165) is 43.3 Å². The highest BCUT2D eigenvalue weighted by Crippen LogP contribution is 2.20. The number of carbonyl (C=O) groups excluding carboxylic acids is 2. The lowest BCUT2D eigenvalue weighted by molar-refractivity contribution is -0.132. The van der Waals surface area contributed by atoms with Gasteiger partial charge in [-0.25, -0.2) is 0 Å². The first kappa shape index (κ1) is 25.5. The van der Waals surface area contributed by atoms with Gasteiger partial charge in [0.2, 0.25) is 5.91 Å². The summed E-state index contributed by atoms with van der Waals surface area (Å²) in [5.74, 6) is 1.06. The quantitative estimate of drug-likeness (QED) is 0.574. The predicted octanol–water partition coefficient (Wildman–Crippen LogP) is 4.30. The Labute approximate surface area is 207 Å². The van der Waals surface area contributed by atoms with E-state index in [1.54, 1.807) is 24.3 Å². The van der Waals surface area contributed by atoms with Gasteiger partial charge in [-0.05, 0) is 80.5 Å². The third-order valence-corrected chi connectivity index (χ3v) is 5.63. The van der Waals surface area contributed by atoms with E-state index in [1.165, 1.54) is 0 Å². The van der Waals surface area contributed by atoms with E-state index < -0.39 is 0 Å². The Morgan fingerprint density at radius 1 is 0.941 bits per heavy atom. The molecule has 2 N–H and O–H groups in total. The number of hydrogen-bond acceptors (Lipinski definition) is 5. The maximum atomic E-state index is 12.5. The molecule has 0 aromatic heterocycles. The second-order valence-corrected chi connectivity index (χ2v) is 9.52. The van der Waals surface area contributed by atoms with E-state index >= 15 is 0 Å². The monoisotopic (exact) mass is 482 g/mol. The molecule has 3 rings (SSSR count). The smallest absolute Gasteiger partial charge is 0.257 e. The van der Waals surface area contributed by atoms with E-state index in [2.05, 4.69) is 29.4 Å². The molecule has 0 saturated carbocycles. The minimum absolute atomic E-state index is 0.0753. The van der Waals surface area contributed by atoms with Crippen LogP contribution in [0.3, 0.4) is 0 Å². The summed E-state index contributed by atoms with van der Waals surface area (Å²) < 4.78 is 5.60. The summed E-state index contributed by atoms with van der Waals surface area (Å²) >= 11 is 5.30. The zero-order valence-corrected chi connectivity index (χ0v) is 21.2. The van der Waals surface area contributed by atoms with Crippen LogP contribution in [-0.2, 0) is 4.79 Å². The first-order valence-electron chi connectivity index (χ1n) is 11.7. The van der Waals surface area contributed by atoms with Crippen molar-refractivity contribution in [1.29, 1.82) is 0 Å². The second kappa shape index (κ2) is 11.8. The Morgan fingerprint density at radius 2 is 1.56 bits per heavy atom. The second-order valence-electron chi connectivity index (χ2n) is 9.11. The maximum absolute atomic E-state index is 12.5. The van der Waals surface area contributed by atoms with Crippen LogP contribution >= 0.6 is 12.2 Å². The minimum atomic E-state index is -0.282. The lowest BCUT2D eigenvalue weighted by Gasteiger charge is -2.36. The summed E-state index contributed by atoms with van der Waals surface area (Å²) in [4.78, 5) is 29.0. The number of ether oxygens (including phenoxy) is 1. The molecule has 1 aliphatic rings. The van der Waals surface area contributed by atoms with Crippen molar-refractivity contribution in [3.8, 4) is 5.75 Å². The Balaban J connectivity index is 1.47. The zero-order valence-electron chi connectivity index (χ0n) is 20.3. The summed E-state index contributed by atoms with van der Waals surface area (Å²) in [5.41, 5.74) is 2.39. The van der Waals surface area contributed by atoms with Crippen molar-refractivity contribution in [3.63, 3.8) is 0 Å². The van der Waals surface area contributed by atoms with E-state index in [-0.39, 0.29) is 23.0 Å². The van der Waals surface area contributed by atoms with Crippen molar-refractivity contribution in [2.75, 3.05) is 36.4 Å². The van der Waals surface area contributed by atoms with Crippen molar-refractivity contribution in [3.05, 3.63) is 54.1 Å². The highest BCUT2D eigenvalue weighted by molar-refractivity contribution is 7.80. The van der Waals surface area contributed by atoms with Crippen LogP contribution in [0.2, 0.25) is 0 Å². The highest BCUT2D eigenvalue weighted by atomic mass is 32.1. The summed E-state index contributed by atoms with van der Waals surface area (Å²) in [6, 6.07) is 14.9. The van der Waals surface area contributed by atoms with Gasteiger partial charge in [0, 0.05) is 49.5 Å². The van der Waals surface area contributed by atoms with Crippen molar-refractivity contribution >= 4 is 40.5 Å². The molecule has 0 spiro atoms. The third-order valence-electron chi connectivity index (χ3n) is 5.42. The number of nitrogens with one attached hydrogen (secondary N) is 2. The maximum Gasteiger partial charge on any atom is 0.257 e. The van der Waals surface area contributed by atoms with Crippen molar-refractivity contribution in [2.24, 2.45) is 5.92 Å². The van der Waals surface area contributed by atoms with Crippen LogP contribution in [0.1, 0.15) is 44.5 Å². The predicted molar refractivity (Wildman–Crippen MR) is 141 cm³/mol. The van der Waals surface area contributed by atoms with Crippen LogP contribution in [0.5, 0.6) is 5.75 Å². The van der Waals surface area contributed by atoms with Crippen LogP contribution in [0.25, 0.3) is 0 Å². The molecule has 1 fully saturated rings. The normalized spacial score (nSPS) is 13.7. The largest absolute Gasteiger partial charge is 0.491 e. The Bertz CT molecular complexity index is 982. The molecule has 1 aliphatic heterocycles. The van der Waals surface area contributed by atoms with E-state index in [0.29, 0.717) is 17.9 Å². The van der Waals surface area contributed by atoms with Crippen LogP contribution in [0.4, 0.5) is 11.4 Å². The zero-order chi connectivity index (χ0) is 24.7. The summed E-state index contributed by atoms with van der Waals surface area (Å²) in [6.07, 6.45) is 0.681. The van der Waals surface area contributed by atoms with Gasteiger partial charge in [0.15, 0.2) is 5.11 Å². The molecule has 0 unspecified atom stereocenters. The Hall–Kier alpha value is -3.13. The van der Waals surface area contributed by atoms with Gasteiger partial charge < -0.3 is 19.9 Å². The average molecular weight is 483 g/mol. The van der Waals surface area contributed by atoms with Crippen LogP contribution in [-0.4, -0.2) is 54.1 Å². The molecule has 182 valence electrons. The number of carbonyl (C=O) groups is 2. The van der Waals surface area contributed by atoms with Gasteiger partial charge in [-0.15, -0.1) is 0 Å². The lowest BCUT2D eigenvalue weighted by atomic mass is 10.1.